The number of thioether (sulfide) groups is 1. The van der Waals surface area contributed by atoms with Crippen LogP contribution in [0.4, 0.5) is 0 Å². The summed E-state index contributed by atoms with van der Waals surface area (Å²) < 4.78 is 10.00. The fourth-order valence-electron chi connectivity index (χ4n) is 1.74. The number of hydrogen-bond donors (Lipinski definition) is 1. The lowest BCUT2D eigenvalue weighted by atomic mass is 9.98. The molecule has 0 spiro atoms. The minimum Gasteiger partial charge on any atom is -0.354 e. The average Bonchev–Trinajstić information content (AvgIpc) is 2.31. The van der Waals surface area contributed by atoms with Crippen LogP contribution < -0.4 is 5.32 Å². The smallest absolute Gasteiger partial charge is 0.220 e. The highest BCUT2D eigenvalue weighted by Crippen LogP contribution is 2.24. The molecular weight excluding hydrogens is 226 g/mol. The molecule has 1 fully saturated rings. The molecule has 1 aliphatic rings. The van der Waals surface area contributed by atoms with Gasteiger partial charge in [0.05, 0.1) is 6.54 Å². The molecule has 4 nitrogen and oxygen atoms in total. The van der Waals surface area contributed by atoms with E-state index in [1.165, 1.54) is 11.5 Å². The highest BCUT2D eigenvalue weighted by Gasteiger charge is 2.17. The molecule has 0 bridgehead atoms. The van der Waals surface area contributed by atoms with Gasteiger partial charge in [0.25, 0.3) is 0 Å². The predicted molar refractivity (Wildman–Crippen MR) is 65.5 cm³/mol. The van der Waals surface area contributed by atoms with E-state index < -0.39 is 0 Å². The first-order chi connectivity index (χ1) is 7.76. The molecule has 0 aromatic rings. The van der Waals surface area contributed by atoms with Gasteiger partial charge in [0.2, 0.25) is 5.91 Å². The Balaban J connectivity index is 2.14. The quantitative estimate of drug-likeness (QED) is 0.718. The van der Waals surface area contributed by atoms with Gasteiger partial charge in [-0.25, -0.2) is 0 Å². The molecule has 0 radical (unpaired) electrons. The van der Waals surface area contributed by atoms with Gasteiger partial charge in [-0.2, -0.15) is 11.8 Å². The molecule has 1 amide bonds. The zero-order chi connectivity index (χ0) is 11.8. The minimum absolute atomic E-state index is 0.107. The van der Waals surface area contributed by atoms with Crippen LogP contribution in [0.3, 0.4) is 0 Å². The van der Waals surface area contributed by atoms with E-state index in [1.54, 1.807) is 14.2 Å². The largest absolute Gasteiger partial charge is 0.354 e. The van der Waals surface area contributed by atoms with Crippen molar-refractivity contribution in [3.8, 4) is 0 Å². The number of hydrogen-bond acceptors (Lipinski definition) is 4. The predicted octanol–water partition coefficient (Wildman–Crippen LogP) is 1.25. The monoisotopic (exact) mass is 247 g/mol. The highest BCUT2D eigenvalue weighted by atomic mass is 32.2. The Kier molecular flexibility index (Phi) is 6.84. The SMILES string of the molecule is COC(CNC(=O)CC1CCSCC1)OC. The Morgan fingerprint density at radius 2 is 2.00 bits per heavy atom. The van der Waals surface area contributed by atoms with Gasteiger partial charge in [-0.1, -0.05) is 0 Å². The molecule has 94 valence electrons. The van der Waals surface area contributed by atoms with E-state index in [0.717, 1.165) is 12.8 Å². The second-order valence-electron chi connectivity index (χ2n) is 3.96. The molecule has 16 heavy (non-hydrogen) atoms. The van der Waals surface area contributed by atoms with Crippen LogP contribution >= 0.6 is 11.8 Å². The maximum atomic E-state index is 11.6. The van der Waals surface area contributed by atoms with Gasteiger partial charge >= 0.3 is 0 Å². The summed E-state index contributed by atoms with van der Waals surface area (Å²) in [7, 11) is 3.14. The summed E-state index contributed by atoms with van der Waals surface area (Å²) in [6, 6.07) is 0. The summed E-state index contributed by atoms with van der Waals surface area (Å²) >= 11 is 1.98. The fraction of sp³-hybridized carbons (Fsp3) is 0.909. The number of ether oxygens (including phenoxy) is 2. The third-order valence-electron chi connectivity index (χ3n) is 2.81. The lowest BCUT2D eigenvalue weighted by Gasteiger charge is -2.21. The van der Waals surface area contributed by atoms with Crippen LogP contribution in [0.1, 0.15) is 19.3 Å². The highest BCUT2D eigenvalue weighted by molar-refractivity contribution is 7.99. The summed E-state index contributed by atoms with van der Waals surface area (Å²) in [5.74, 6) is 3.05. The van der Waals surface area contributed by atoms with Crippen molar-refractivity contribution >= 4 is 17.7 Å². The second kappa shape index (κ2) is 7.92. The lowest BCUT2D eigenvalue weighted by molar-refractivity contribution is -0.128. The Bertz CT molecular complexity index is 203. The molecule has 1 heterocycles. The third kappa shape index (κ3) is 5.18. The van der Waals surface area contributed by atoms with Crippen molar-refractivity contribution in [2.24, 2.45) is 5.92 Å². The molecule has 0 aromatic carbocycles. The Hall–Kier alpha value is -0.260. The molecule has 1 N–H and O–H groups in total. The summed E-state index contributed by atoms with van der Waals surface area (Å²) in [6.45, 7) is 0.424. The normalized spacial score (nSPS) is 17.7. The summed E-state index contributed by atoms with van der Waals surface area (Å²) in [5, 5.41) is 2.84. The Labute approximate surface area is 101 Å². The molecule has 1 aliphatic heterocycles. The molecule has 1 saturated heterocycles. The van der Waals surface area contributed by atoms with Crippen molar-refractivity contribution < 1.29 is 14.3 Å². The van der Waals surface area contributed by atoms with Crippen molar-refractivity contribution in [1.82, 2.24) is 5.32 Å². The maximum absolute atomic E-state index is 11.6. The summed E-state index contributed by atoms with van der Waals surface area (Å²) in [5.41, 5.74) is 0. The van der Waals surface area contributed by atoms with E-state index in [1.807, 2.05) is 11.8 Å². The number of amides is 1. The van der Waals surface area contributed by atoms with E-state index in [4.69, 9.17) is 9.47 Å². The first kappa shape index (κ1) is 13.8. The topological polar surface area (TPSA) is 47.6 Å². The van der Waals surface area contributed by atoms with Gasteiger partial charge in [0.15, 0.2) is 6.29 Å². The number of carbonyl (C=O) groups is 1. The van der Waals surface area contributed by atoms with Crippen molar-refractivity contribution in [3.05, 3.63) is 0 Å². The molecule has 0 aromatic heterocycles. The number of carbonyl (C=O) groups excluding carboxylic acids is 1. The van der Waals surface area contributed by atoms with Crippen LogP contribution in [0, 0.1) is 5.92 Å². The number of rotatable bonds is 6. The zero-order valence-corrected chi connectivity index (χ0v) is 10.8. The van der Waals surface area contributed by atoms with Crippen LogP contribution in [0.25, 0.3) is 0 Å². The molecule has 0 atom stereocenters. The molecule has 1 rings (SSSR count). The fourth-order valence-corrected chi connectivity index (χ4v) is 2.95. The van der Waals surface area contributed by atoms with Crippen molar-refractivity contribution in [2.45, 2.75) is 25.6 Å². The van der Waals surface area contributed by atoms with Crippen LogP contribution in [-0.4, -0.2) is 44.5 Å². The van der Waals surface area contributed by atoms with Gasteiger partial charge in [-0.15, -0.1) is 0 Å². The standard InChI is InChI=1S/C11H21NO3S/c1-14-11(15-2)8-12-10(13)7-9-3-5-16-6-4-9/h9,11H,3-8H2,1-2H3,(H,12,13). The van der Waals surface area contributed by atoms with Crippen molar-refractivity contribution in [3.63, 3.8) is 0 Å². The van der Waals surface area contributed by atoms with Crippen LogP contribution in [0.5, 0.6) is 0 Å². The summed E-state index contributed by atoms with van der Waals surface area (Å²) in [6.07, 6.45) is 2.62. The van der Waals surface area contributed by atoms with Crippen LogP contribution in [0.15, 0.2) is 0 Å². The van der Waals surface area contributed by atoms with Gasteiger partial charge in [-0.05, 0) is 30.3 Å². The van der Waals surface area contributed by atoms with Gasteiger partial charge in [-0.3, -0.25) is 4.79 Å². The van der Waals surface area contributed by atoms with Gasteiger partial charge in [0, 0.05) is 20.6 Å². The molecular formula is C11H21NO3S. The molecule has 5 heteroatoms. The molecule has 0 aliphatic carbocycles. The van der Waals surface area contributed by atoms with Gasteiger partial charge < -0.3 is 14.8 Å². The number of nitrogens with one attached hydrogen (secondary N) is 1. The third-order valence-corrected chi connectivity index (χ3v) is 3.86. The second-order valence-corrected chi connectivity index (χ2v) is 5.19. The summed E-state index contributed by atoms with van der Waals surface area (Å²) in [4.78, 5) is 11.6. The van der Waals surface area contributed by atoms with E-state index in [2.05, 4.69) is 5.32 Å². The maximum Gasteiger partial charge on any atom is 0.220 e. The zero-order valence-electron chi connectivity index (χ0n) is 10.0. The van der Waals surface area contributed by atoms with E-state index in [9.17, 15) is 4.79 Å². The van der Waals surface area contributed by atoms with E-state index in [-0.39, 0.29) is 12.2 Å². The lowest BCUT2D eigenvalue weighted by Crippen LogP contribution is -2.35. The number of methoxy groups -OCH3 is 2. The van der Waals surface area contributed by atoms with Crippen LogP contribution in [-0.2, 0) is 14.3 Å². The van der Waals surface area contributed by atoms with Gasteiger partial charge in [0.1, 0.15) is 0 Å². The Morgan fingerprint density at radius 3 is 2.56 bits per heavy atom. The van der Waals surface area contributed by atoms with Crippen molar-refractivity contribution in [1.29, 1.82) is 0 Å². The van der Waals surface area contributed by atoms with E-state index in [0.29, 0.717) is 18.9 Å². The first-order valence-corrected chi connectivity index (χ1v) is 6.81. The van der Waals surface area contributed by atoms with E-state index >= 15 is 0 Å². The van der Waals surface area contributed by atoms with Crippen molar-refractivity contribution in [2.75, 3.05) is 32.3 Å². The molecule has 0 saturated carbocycles. The van der Waals surface area contributed by atoms with Crippen LogP contribution in [0.2, 0.25) is 0 Å². The Morgan fingerprint density at radius 1 is 1.38 bits per heavy atom. The molecule has 0 unspecified atom stereocenters. The minimum atomic E-state index is -0.342. The first-order valence-electron chi connectivity index (χ1n) is 5.66. The average molecular weight is 247 g/mol.